The van der Waals surface area contributed by atoms with Gasteiger partial charge in [-0.15, -0.1) is 5.10 Å². The third-order valence-electron chi connectivity index (χ3n) is 2.10. The Morgan fingerprint density at radius 3 is 2.82 bits per heavy atom. The fraction of sp³-hybridized carbons (Fsp3) is 0.500. The van der Waals surface area contributed by atoms with Crippen molar-refractivity contribution < 1.29 is 22.7 Å². The van der Waals surface area contributed by atoms with Crippen LogP contribution in [0.4, 0.5) is 5.69 Å². The molecule has 1 amide bonds. The van der Waals surface area contributed by atoms with Crippen molar-refractivity contribution in [2.45, 2.75) is 6.10 Å². The van der Waals surface area contributed by atoms with E-state index in [1.165, 1.54) is 6.20 Å². The Kier molecular flexibility index (Phi) is 3.03. The Morgan fingerprint density at radius 2 is 2.35 bits per heavy atom. The van der Waals surface area contributed by atoms with Crippen molar-refractivity contribution in [3.05, 3.63) is 6.20 Å². The Bertz CT molecular complexity index is 519. The van der Waals surface area contributed by atoms with E-state index in [0.29, 0.717) is 19.6 Å². The molecule has 1 aliphatic rings. The normalized spacial score (nSPS) is 16.3. The van der Waals surface area contributed by atoms with Gasteiger partial charge in [-0.25, -0.2) is 8.42 Å². The zero-order valence-electron chi connectivity index (χ0n) is 8.99. The van der Waals surface area contributed by atoms with Crippen LogP contribution in [0.2, 0.25) is 0 Å². The quantitative estimate of drug-likeness (QED) is 0.685. The van der Waals surface area contributed by atoms with Crippen LogP contribution >= 0.6 is 0 Å². The summed E-state index contributed by atoms with van der Waals surface area (Å²) in [5.74, 6) is 0.0656. The van der Waals surface area contributed by atoms with Gasteiger partial charge < -0.3 is 14.8 Å². The topological polar surface area (TPSA) is 99.5 Å². The maximum Gasteiger partial charge on any atom is 0.258 e. The predicted octanol–water partition coefficient (Wildman–Crippen LogP) is -0.963. The minimum Gasteiger partial charge on any atom is -0.467 e. The van der Waals surface area contributed by atoms with Gasteiger partial charge >= 0.3 is 0 Å². The van der Waals surface area contributed by atoms with Crippen molar-refractivity contribution in [2.75, 3.05) is 24.8 Å². The summed E-state index contributed by atoms with van der Waals surface area (Å²) in [6, 6.07) is 0. The molecular weight excluding hydrogens is 250 g/mol. The van der Waals surface area contributed by atoms with Gasteiger partial charge in [-0.2, -0.15) is 4.09 Å². The van der Waals surface area contributed by atoms with Crippen LogP contribution < -0.4 is 10.1 Å². The molecule has 0 radical (unpaired) electrons. The second kappa shape index (κ2) is 4.34. The standard InChI is InChI=1S/C8H11N3O5S/c1-17(13,14)11-2-7(9-5-12)8(10-11)16-6-3-15-4-6/h2,5-6H,3-4H2,1H3,(H,9,12). The van der Waals surface area contributed by atoms with E-state index < -0.39 is 10.0 Å². The zero-order chi connectivity index (χ0) is 12.5. The van der Waals surface area contributed by atoms with Crippen LogP contribution in [0.3, 0.4) is 0 Å². The summed E-state index contributed by atoms with van der Waals surface area (Å²) in [5, 5.41) is 6.08. The minimum atomic E-state index is -3.51. The maximum absolute atomic E-state index is 11.3. The van der Waals surface area contributed by atoms with Gasteiger partial charge in [0, 0.05) is 0 Å². The molecule has 0 spiro atoms. The molecule has 0 atom stereocenters. The lowest BCUT2D eigenvalue weighted by atomic mass is 10.3. The van der Waals surface area contributed by atoms with E-state index in [-0.39, 0.29) is 17.7 Å². The molecule has 1 saturated heterocycles. The van der Waals surface area contributed by atoms with Crippen molar-refractivity contribution in [3.8, 4) is 5.88 Å². The van der Waals surface area contributed by atoms with E-state index in [0.717, 1.165) is 10.3 Å². The number of nitrogens with one attached hydrogen (secondary N) is 1. The first-order valence-electron chi connectivity index (χ1n) is 4.75. The summed E-state index contributed by atoms with van der Waals surface area (Å²) in [6.45, 7) is 0.846. The van der Waals surface area contributed by atoms with Crippen molar-refractivity contribution in [3.63, 3.8) is 0 Å². The highest BCUT2D eigenvalue weighted by atomic mass is 32.2. The van der Waals surface area contributed by atoms with Crippen molar-refractivity contribution in [2.24, 2.45) is 0 Å². The average molecular weight is 261 g/mol. The maximum atomic E-state index is 11.3. The molecule has 2 heterocycles. The van der Waals surface area contributed by atoms with Gasteiger partial charge in [0.05, 0.1) is 25.7 Å². The van der Waals surface area contributed by atoms with Crippen LogP contribution in [0.15, 0.2) is 6.20 Å². The van der Waals surface area contributed by atoms with Gasteiger partial charge in [-0.3, -0.25) is 4.79 Å². The summed E-state index contributed by atoms with van der Waals surface area (Å²) < 4.78 is 33.6. The van der Waals surface area contributed by atoms with Crippen LogP contribution in [-0.2, 0) is 19.6 Å². The molecule has 0 aliphatic carbocycles. The van der Waals surface area contributed by atoms with E-state index >= 15 is 0 Å². The van der Waals surface area contributed by atoms with Gasteiger partial charge in [0.25, 0.3) is 15.9 Å². The van der Waals surface area contributed by atoms with Crippen LogP contribution in [-0.4, -0.2) is 49.6 Å². The Balaban J connectivity index is 2.27. The Morgan fingerprint density at radius 1 is 1.65 bits per heavy atom. The van der Waals surface area contributed by atoms with E-state index in [4.69, 9.17) is 9.47 Å². The number of nitrogens with zero attached hydrogens (tertiary/aromatic N) is 2. The molecule has 94 valence electrons. The molecule has 0 unspecified atom stereocenters. The number of anilines is 1. The summed E-state index contributed by atoms with van der Waals surface area (Å²) in [4.78, 5) is 10.4. The Labute approximate surface area is 97.6 Å². The first-order valence-corrected chi connectivity index (χ1v) is 6.60. The number of ether oxygens (including phenoxy) is 2. The van der Waals surface area contributed by atoms with Gasteiger partial charge in [0.1, 0.15) is 11.8 Å². The third-order valence-corrected chi connectivity index (χ3v) is 2.97. The van der Waals surface area contributed by atoms with Crippen molar-refractivity contribution in [1.82, 2.24) is 9.19 Å². The number of rotatable bonds is 5. The lowest BCUT2D eigenvalue weighted by Gasteiger charge is -2.25. The molecule has 0 bridgehead atoms. The highest BCUT2D eigenvalue weighted by Crippen LogP contribution is 2.24. The molecule has 1 N–H and O–H groups in total. The molecule has 1 fully saturated rings. The lowest BCUT2D eigenvalue weighted by Crippen LogP contribution is -2.38. The number of hydrogen-bond acceptors (Lipinski definition) is 6. The molecule has 8 nitrogen and oxygen atoms in total. The summed E-state index contributed by atoms with van der Waals surface area (Å²) >= 11 is 0. The van der Waals surface area contributed by atoms with Gasteiger partial charge in [0.15, 0.2) is 0 Å². The second-order valence-corrected chi connectivity index (χ2v) is 5.36. The number of aromatic nitrogens is 2. The van der Waals surface area contributed by atoms with Crippen LogP contribution in [0, 0.1) is 0 Å². The van der Waals surface area contributed by atoms with Crippen molar-refractivity contribution in [1.29, 1.82) is 0 Å². The molecule has 1 aromatic rings. The molecule has 17 heavy (non-hydrogen) atoms. The van der Waals surface area contributed by atoms with Gasteiger partial charge in [-0.1, -0.05) is 0 Å². The second-order valence-electron chi connectivity index (χ2n) is 3.52. The first-order chi connectivity index (χ1) is 8.00. The summed E-state index contributed by atoms with van der Waals surface area (Å²) in [5.41, 5.74) is 0.206. The van der Waals surface area contributed by atoms with Crippen LogP contribution in [0.5, 0.6) is 5.88 Å². The molecule has 9 heteroatoms. The minimum absolute atomic E-state index is 0.0656. The van der Waals surface area contributed by atoms with E-state index in [1.54, 1.807) is 0 Å². The smallest absolute Gasteiger partial charge is 0.258 e. The fourth-order valence-corrected chi connectivity index (χ4v) is 1.72. The van der Waals surface area contributed by atoms with E-state index in [9.17, 15) is 13.2 Å². The van der Waals surface area contributed by atoms with Gasteiger partial charge in [-0.05, 0) is 0 Å². The first kappa shape index (κ1) is 11.9. The monoisotopic (exact) mass is 261 g/mol. The predicted molar refractivity (Wildman–Crippen MR) is 57.4 cm³/mol. The molecule has 2 rings (SSSR count). The van der Waals surface area contributed by atoms with E-state index in [1.807, 2.05) is 0 Å². The van der Waals surface area contributed by atoms with E-state index in [2.05, 4.69) is 10.4 Å². The van der Waals surface area contributed by atoms with Crippen molar-refractivity contribution >= 4 is 22.1 Å². The molecule has 1 aliphatic heterocycles. The Hall–Kier alpha value is -1.61. The number of carbonyl (C=O) groups excluding carboxylic acids is 1. The zero-order valence-corrected chi connectivity index (χ0v) is 9.81. The summed E-state index contributed by atoms with van der Waals surface area (Å²) in [7, 11) is -3.51. The SMILES string of the molecule is CS(=O)(=O)n1cc(NC=O)c(OC2COC2)n1. The lowest BCUT2D eigenvalue weighted by molar-refractivity contribution is -0.105. The highest BCUT2D eigenvalue weighted by molar-refractivity contribution is 7.89. The molecule has 0 saturated carbocycles. The van der Waals surface area contributed by atoms with Crippen LogP contribution in [0.1, 0.15) is 0 Å². The third kappa shape index (κ3) is 2.56. The number of carbonyl (C=O) groups is 1. The molecular formula is C8H11N3O5S. The summed E-state index contributed by atoms with van der Waals surface area (Å²) in [6.07, 6.45) is 2.44. The fourth-order valence-electron chi connectivity index (χ4n) is 1.20. The van der Waals surface area contributed by atoms with Crippen LogP contribution in [0.25, 0.3) is 0 Å². The largest absolute Gasteiger partial charge is 0.467 e. The molecule has 0 aromatic carbocycles. The highest BCUT2D eigenvalue weighted by Gasteiger charge is 2.24. The number of amides is 1. The molecule has 1 aromatic heterocycles. The average Bonchev–Trinajstić information content (AvgIpc) is 2.55. The van der Waals surface area contributed by atoms with Gasteiger partial charge in [0.2, 0.25) is 6.41 Å². The number of hydrogen-bond donors (Lipinski definition) is 1.